The molecule has 1 rings (SSSR count). The van der Waals surface area contributed by atoms with Crippen molar-refractivity contribution >= 4 is 21.6 Å². The molecule has 0 saturated carbocycles. The van der Waals surface area contributed by atoms with Crippen molar-refractivity contribution in [1.82, 2.24) is 9.62 Å². The number of ether oxygens (including phenoxy) is 1. The van der Waals surface area contributed by atoms with Crippen molar-refractivity contribution in [2.24, 2.45) is 0 Å². The number of morpholine rings is 1. The summed E-state index contributed by atoms with van der Waals surface area (Å²) in [7, 11) is -3.19. The zero-order chi connectivity index (χ0) is 12.7. The summed E-state index contributed by atoms with van der Waals surface area (Å²) in [6.07, 6.45) is 0.487. The number of alkyl halides is 1. The average molecular weight is 285 g/mol. The molecule has 1 saturated heterocycles. The fraction of sp³-hybridized carbons (Fsp3) is 1.00. The summed E-state index contributed by atoms with van der Waals surface area (Å²) in [5, 5.41) is 0. The number of hydrogen-bond acceptors (Lipinski definition) is 4. The van der Waals surface area contributed by atoms with Gasteiger partial charge in [0.15, 0.2) is 0 Å². The first-order valence-corrected chi connectivity index (χ1v) is 8.08. The molecule has 17 heavy (non-hydrogen) atoms. The second kappa shape index (κ2) is 7.53. The molecular formula is C10H21ClN2O3S. The third-order valence-electron chi connectivity index (χ3n) is 2.56. The first kappa shape index (κ1) is 15.2. The van der Waals surface area contributed by atoms with Crippen LogP contribution in [0.15, 0.2) is 0 Å². The molecule has 1 atom stereocenters. The molecular weight excluding hydrogens is 264 g/mol. The lowest BCUT2D eigenvalue weighted by Crippen LogP contribution is -2.46. The predicted octanol–water partition coefficient (Wildman–Crippen LogP) is 0.255. The van der Waals surface area contributed by atoms with Gasteiger partial charge in [-0.25, -0.2) is 13.1 Å². The van der Waals surface area contributed by atoms with Crippen LogP contribution in [-0.2, 0) is 14.8 Å². The molecule has 0 aromatic heterocycles. The topological polar surface area (TPSA) is 58.6 Å². The summed E-state index contributed by atoms with van der Waals surface area (Å²) in [5.74, 6) is 0.475. The van der Waals surface area contributed by atoms with Crippen molar-refractivity contribution in [3.05, 3.63) is 0 Å². The minimum atomic E-state index is -3.19. The van der Waals surface area contributed by atoms with E-state index in [2.05, 4.69) is 9.62 Å². The van der Waals surface area contributed by atoms with Gasteiger partial charge < -0.3 is 4.74 Å². The Morgan fingerprint density at radius 2 is 2.06 bits per heavy atom. The summed E-state index contributed by atoms with van der Waals surface area (Å²) >= 11 is 5.49. The maximum absolute atomic E-state index is 11.6. The highest BCUT2D eigenvalue weighted by Crippen LogP contribution is 2.00. The first-order chi connectivity index (χ1) is 8.03. The van der Waals surface area contributed by atoms with Crippen LogP contribution < -0.4 is 4.72 Å². The van der Waals surface area contributed by atoms with Crippen molar-refractivity contribution in [3.8, 4) is 0 Å². The van der Waals surface area contributed by atoms with Crippen molar-refractivity contribution in [2.45, 2.75) is 19.4 Å². The van der Waals surface area contributed by atoms with E-state index in [0.29, 0.717) is 12.3 Å². The summed E-state index contributed by atoms with van der Waals surface area (Å²) in [6.45, 7) is 5.80. The summed E-state index contributed by atoms with van der Waals surface area (Å²) in [6, 6.07) is -0.0755. The minimum Gasteiger partial charge on any atom is -0.379 e. The van der Waals surface area contributed by atoms with E-state index in [1.165, 1.54) is 0 Å². The van der Waals surface area contributed by atoms with E-state index in [1.807, 2.05) is 6.92 Å². The van der Waals surface area contributed by atoms with Gasteiger partial charge in [-0.15, -0.1) is 11.6 Å². The van der Waals surface area contributed by atoms with Gasteiger partial charge in [0.25, 0.3) is 0 Å². The Morgan fingerprint density at radius 3 is 2.65 bits per heavy atom. The van der Waals surface area contributed by atoms with Gasteiger partial charge in [-0.2, -0.15) is 0 Å². The van der Waals surface area contributed by atoms with Crippen LogP contribution in [0.25, 0.3) is 0 Å². The fourth-order valence-corrected chi connectivity index (χ4v) is 3.44. The van der Waals surface area contributed by atoms with Gasteiger partial charge in [0, 0.05) is 31.6 Å². The van der Waals surface area contributed by atoms with E-state index < -0.39 is 10.0 Å². The van der Waals surface area contributed by atoms with Crippen LogP contribution in [0.4, 0.5) is 0 Å². The molecule has 5 nitrogen and oxygen atoms in total. The van der Waals surface area contributed by atoms with Crippen LogP contribution in [-0.4, -0.2) is 63.8 Å². The van der Waals surface area contributed by atoms with Crippen LogP contribution in [0.2, 0.25) is 0 Å². The highest BCUT2D eigenvalue weighted by atomic mass is 35.5. The molecule has 1 heterocycles. The fourth-order valence-electron chi connectivity index (χ4n) is 1.82. The first-order valence-electron chi connectivity index (χ1n) is 5.89. The molecule has 1 N–H and O–H groups in total. The van der Waals surface area contributed by atoms with Crippen LogP contribution in [0.1, 0.15) is 13.3 Å². The lowest BCUT2D eigenvalue weighted by Gasteiger charge is -2.29. The molecule has 102 valence electrons. The molecule has 0 radical (unpaired) electrons. The maximum Gasteiger partial charge on any atom is 0.211 e. The smallest absolute Gasteiger partial charge is 0.211 e. The van der Waals surface area contributed by atoms with E-state index >= 15 is 0 Å². The highest BCUT2D eigenvalue weighted by Gasteiger charge is 2.18. The normalized spacial score (nSPS) is 20.4. The Kier molecular flexibility index (Phi) is 6.72. The quantitative estimate of drug-likeness (QED) is 0.681. The summed E-state index contributed by atoms with van der Waals surface area (Å²) < 4.78 is 31.2. The Bertz CT molecular complexity index is 305. The van der Waals surface area contributed by atoms with Crippen LogP contribution in [0, 0.1) is 0 Å². The number of nitrogens with one attached hydrogen (secondary N) is 1. The zero-order valence-electron chi connectivity index (χ0n) is 10.2. The molecule has 0 aromatic carbocycles. The standard InChI is InChI=1S/C10H21ClN2O3S/c1-10(9-13-4-6-16-7-5-13)12-17(14,15)8-2-3-11/h10,12H,2-9H2,1H3. The van der Waals surface area contributed by atoms with Crippen molar-refractivity contribution in [2.75, 3.05) is 44.5 Å². The molecule has 0 amide bonds. The lowest BCUT2D eigenvalue weighted by atomic mass is 10.3. The Hall–Kier alpha value is 0.120. The van der Waals surface area contributed by atoms with E-state index in [9.17, 15) is 8.42 Å². The molecule has 0 aliphatic carbocycles. The van der Waals surface area contributed by atoms with Crippen LogP contribution in [0.3, 0.4) is 0 Å². The van der Waals surface area contributed by atoms with Gasteiger partial charge in [-0.3, -0.25) is 4.90 Å². The highest BCUT2D eigenvalue weighted by molar-refractivity contribution is 7.89. The number of nitrogens with zero attached hydrogens (tertiary/aromatic N) is 1. The summed E-state index contributed by atoms with van der Waals surface area (Å²) in [5.41, 5.74) is 0. The molecule has 1 fully saturated rings. The Labute approximate surface area is 109 Å². The molecule has 1 aliphatic rings. The SMILES string of the molecule is CC(CN1CCOCC1)NS(=O)(=O)CCCCl. The van der Waals surface area contributed by atoms with Crippen molar-refractivity contribution < 1.29 is 13.2 Å². The maximum atomic E-state index is 11.6. The molecule has 0 aromatic rings. The van der Waals surface area contributed by atoms with E-state index in [-0.39, 0.29) is 11.8 Å². The van der Waals surface area contributed by atoms with Gasteiger partial charge in [0.1, 0.15) is 0 Å². The van der Waals surface area contributed by atoms with Gasteiger partial charge in [0.05, 0.1) is 19.0 Å². The van der Waals surface area contributed by atoms with E-state index in [1.54, 1.807) is 0 Å². The number of halogens is 1. The Balaban J connectivity index is 2.29. The largest absolute Gasteiger partial charge is 0.379 e. The molecule has 7 heteroatoms. The van der Waals surface area contributed by atoms with Gasteiger partial charge in [0.2, 0.25) is 10.0 Å². The molecule has 0 spiro atoms. The predicted molar refractivity (Wildman–Crippen MR) is 69.0 cm³/mol. The summed E-state index contributed by atoms with van der Waals surface area (Å²) in [4.78, 5) is 2.21. The van der Waals surface area contributed by atoms with E-state index in [4.69, 9.17) is 16.3 Å². The second-order valence-electron chi connectivity index (χ2n) is 4.29. The zero-order valence-corrected chi connectivity index (χ0v) is 11.8. The van der Waals surface area contributed by atoms with E-state index in [0.717, 1.165) is 32.8 Å². The van der Waals surface area contributed by atoms with Crippen molar-refractivity contribution in [1.29, 1.82) is 0 Å². The second-order valence-corrected chi connectivity index (χ2v) is 6.54. The van der Waals surface area contributed by atoms with Crippen LogP contribution in [0.5, 0.6) is 0 Å². The monoisotopic (exact) mass is 284 g/mol. The minimum absolute atomic E-state index is 0.0755. The van der Waals surface area contributed by atoms with Crippen molar-refractivity contribution in [3.63, 3.8) is 0 Å². The van der Waals surface area contributed by atoms with Gasteiger partial charge in [-0.05, 0) is 13.3 Å². The molecule has 1 unspecified atom stereocenters. The average Bonchev–Trinajstić information content (AvgIpc) is 2.27. The number of hydrogen-bond donors (Lipinski definition) is 1. The number of rotatable bonds is 7. The molecule has 1 aliphatic heterocycles. The lowest BCUT2D eigenvalue weighted by molar-refractivity contribution is 0.0354. The Morgan fingerprint density at radius 1 is 1.41 bits per heavy atom. The molecule has 0 bridgehead atoms. The number of sulfonamides is 1. The third-order valence-corrected chi connectivity index (χ3v) is 4.42. The van der Waals surface area contributed by atoms with Gasteiger partial charge in [-0.1, -0.05) is 0 Å². The van der Waals surface area contributed by atoms with Crippen LogP contribution >= 0.6 is 11.6 Å². The van der Waals surface area contributed by atoms with Gasteiger partial charge >= 0.3 is 0 Å². The third kappa shape index (κ3) is 6.57.